The fraction of sp³-hybridized carbons (Fsp3) is 0.333. The highest BCUT2D eigenvalue weighted by molar-refractivity contribution is 7.13. The maximum Gasteiger partial charge on any atom is 0.259 e. The Labute approximate surface area is 156 Å². The molecule has 1 fully saturated rings. The number of rotatable bonds is 3. The normalized spacial score (nSPS) is 22.2. The molecule has 0 unspecified atom stereocenters. The summed E-state index contributed by atoms with van der Waals surface area (Å²) in [5.74, 6) is 0.984. The van der Waals surface area contributed by atoms with Crippen LogP contribution in [0.15, 0.2) is 58.8 Å². The zero-order valence-electron chi connectivity index (χ0n) is 14.5. The average Bonchev–Trinajstić information content (AvgIpc) is 3.18. The molecule has 1 saturated heterocycles. The molecule has 5 heteroatoms. The van der Waals surface area contributed by atoms with Crippen molar-refractivity contribution < 1.29 is 0 Å². The van der Waals surface area contributed by atoms with E-state index in [2.05, 4.69) is 22.0 Å². The lowest BCUT2D eigenvalue weighted by Gasteiger charge is -2.42. The second-order valence-electron chi connectivity index (χ2n) is 7.38. The number of aromatic nitrogens is 2. The Morgan fingerprint density at radius 2 is 2.04 bits per heavy atom. The van der Waals surface area contributed by atoms with Gasteiger partial charge in [-0.25, -0.2) is 0 Å². The van der Waals surface area contributed by atoms with Gasteiger partial charge < -0.3 is 4.57 Å². The van der Waals surface area contributed by atoms with E-state index in [0.29, 0.717) is 11.8 Å². The van der Waals surface area contributed by atoms with Gasteiger partial charge in [-0.05, 0) is 48.1 Å². The van der Waals surface area contributed by atoms with Gasteiger partial charge >= 0.3 is 0 Å². The third-order valence-electron chi connectivity index (χ3n) is 5.58. The van der Waals surface area contributed by atoms with E-state index in [-0.39, 0.29) is 5.56 Å². The van der Waals surface area contributed by atoms with E-state index in [1.807, 2.05) is 46.5 Å². The highest BCUT2D eigenvalue weighted by Gasteiger charge is 2.35. The van der Waals surface area contributed by atoms with Crippen molar-refractivity contribution in [1.29, 1.82) is 0 Å². The molecule has 0 amide bonds. The molecule has 2 bridgehead atoms. The minimum atomic E-state index is 0.179. The number of fused-ring (bicyclic) bond motifs is 4. The molecule has 2 aliphatic heterocycles. The van der Waals surface area contributed by atoms with Crippen LogP contribution in [0.5, 0.6) is 0 Å². The molecule has 26 heavy (non-hydrogen) atoms. The van der Waals surface area contributed by atoms with Gasteiger partial charge in [0.05, 0.1) is 11.3 Å². The van der Waals surface area contributed by atoms with Crippen LogP contribution in [-0.2, 0) is 13.1 Å². The smallest absolute Gasteiger partial charge is 0.259 e. The summed E-state index contributed by atoms with van der Waals surface area (Å²) in [5.41, 5.74) is 3.35. The Morgan fingerprint density at radius 3 is 2.85 bits per heavy atom. The number of hydrogen-bond donors (Lipinski definition) is 0. The zero-order chi connectivity index (χ0) is 17.5. The second-order valence-corrected chi connectivity index (χ2v) is 8.33. The van der Waals surface area contributed by atoms with E-state index in [1.165, 1.54) is 12.1 Å². The lowest BCUT2D eigenvalue weighted by molar-refractivity contribution is 0.113. The van der Waals surface area contributed by atoms with Gasteiger partial charge in [0.25, 0.3) is 5.56 Å². The fourth-order valence-corrected chi connectivity index (χ4v) is 5.26. The highest BCUT2D eigenvalue weighted by atomic mass is 32.1. The maximum atomic E-state index is 13.1. The van der Waals surface area contributed by atoms with E-state index >= 15 is 0 Å². The number of pyridine rings is 2. The van der Waals surface area contributed by atoms with Crippen LogP contribution in [0.1, 0.15) is 23.7 Å². The van der Waals surface area contributed by atoms with Crippen molar-refractivity contribution in [1.82, 2.24) is 14.5 Å². The number of likely N-dealkylation sites (tertiary alicyclic amines) is 1. The van der Waals surface area contributed by atoms with Gasteiger partial charge in [-0.2, -0.15) is 0 Å². The molecule has 0 N–H and O–H groups in total. The number of thiophene rings is 1. The zero-order valence-corrected chi connectivity index (χ0v) is 15.4. The molecular formula is C21H21N3OS. The Hall–Kier alpha value is -2.24. The van der Waals surface area contributed by atoms with Crippen LogP contribution in [0.4, 0.5) is 0 Å². The molecule has 3 aromatic heterocycles. The van der Waals surface area contributed by atoms with Gasteiger partial charge in [-0.3, -0.25) is 14.7 Å². The average molecular weight is 363 g/mol. The molecule has 0 radical (unpaired) electrons. The van der Waals surface area contributed by atoms with E-state index < -0.39 is 0 Å². The lowest BCUT2D eigenvalue weighted by Crippen LogP contribution is -2.47. The SMILES string of the molecule is O=c1c(-c2cccs2)ccc2n1C[C@@H]1C[C@@H]2CN(Cc2ccccn2)C1. The topological polar surface area (TPSA) is 38.1 Å². The van der Waals surface area contributed by atoms with E-state index in [0.717, 1.165) is 42.3 Å². The van der Waals surface area contributed by atoms with Crippen LogP contribution in [0.25, 0.3) is 10.4 Å². The lowest BCUT2D eigenvalue weighted by atomic mass is 9.83. The molecule has 4 nitrogen and oxygen atoms in total. The molecule has 0 aromatic carbocycles. The Bertz CT molecular complexity index is 965. The largest absolute Gasteiger partial charge is 0.311 e. The molecule has 0 aliphatic carbocycles. The van der Waals surface area contributed by atoms with E-state index in [4.69, 9.17) is 0 Å². The number of piperidine rings is 1. The van der Waals surface area contributed by atoms with Crippen molar-refractivity contribution in [3.05, 3.63) is 75.8 Å². The van der Waals surface area contributed by atoms with Gasteiger partial charge in [0.2, 0.25) is 0 Å². The van der Waals surface area contributed by atoms with E-state index in [9.17, 15) is 4.79 Å². The van der Waals surface area contributed by atoms with Crippen molar-refractivity contribution in [2.45, 2.75) is 25.4 Å². The Balaban J connectivity index is 1.44. The molecule has 2 aliphatic rings. The van der Waals surface area contributed by atoms with Gasteiger partial charge in [0, 0.05) is 48.9 Å². The quantitative estimate of drug-likeness (QED) is 0.714. The van der Waals surface area contributed by atoms with Crippen molar-refractivity contribution in [2.75, 3.05) is 13.1 Å². The van der Waals surface area contributed by atoms with Crippen molar-refractivity contribution in [2.24, 2.45) is 5.92 Å². The third kappa shape index (κ3) is 2.81. The van der Waals surface area contributed by atoms with Gasteiger partial charge in [0.15, 0.2) is 0 Å². The van der Waals surface area contributed by atoms with Crippen molar-refractivity contribution in [3.8, 4) is 10.4 Å². The molecule has 5 heterocycles. The van der Waals surface area contributed by atoms with Crippen LogP contribution in [0, 0.1) is 5.92 Å². The molecule has 3 aromatic rings. The van der Waals surface area contributed by atoms with Crippen LogP contribution in [0.3, 0.4) is 0 Å². The van der Waals surface area contributed by atoms with Crippen LogP contribution >= 0.6 is 11.3 Å². The van der Waals surface area contributed by atoms with Crippen LogP contribution in [-0.4, -0.2) is 27.5 Å². The van der Waals surface area contributed by atoms with E-state index in [1.54, 1.807) is 11.3 Å². The monoisotopic (exact) mass is 363 g/mol. The van der Waals surface area contributed by atoms with Crippen LogP contribution < -0.4 is 5.56 Å². The van der Waals surface area contributed by atoms with Gasteiger partial charge in [-0.15, -0.1) is 11.3 Å². The van der Waals surface area contributed by atoms with Gasteiger partial charge in [-0.1, -0.05) is 12.1 Å². The number of nitrogens with zero attached hydrogens (tertiary/aromatic N) is 3. The fourth-order valence-electron chi connectivity index (χ4n) is 4.51. The first-order valence-electron chi connectivity index (χ1n) is 9.18. The number of hydrogen-bond acceptors (Lipinski definition) is 4. The maximum absolute atomic E-state index is 13.1. The summed E-state index contributed by atoms with van der Waals surface area (Å²) in [6, 6.07) is 14.4. The van der Waals surface area contributed by atoms with Crippen molar-refractivity contribution in [3.63, 3.8) is 0 Å². The summed E-state index contributed by atoms with van der Waals surface area (Å²) >= 11 is 1.64. The van der Waals surface area contributed by atoms with Gasteiger partial charge in [0.1, 0.15) is 0 Å². The van der Waals surface area contributed by atoms with Crippen LogP contribution in [0.2, 0.25) is 0 Å². The summed E-state index contributed by atoms with van der Waals surface area (Å²) in [5, 5.41) is 2.03. The summed E-state index contributed by atoms with van der Waals surface area (Å²) < 4.78 is 2.05. The predicted octanol–water partition coefficient (Wildman–Crippen LogP) is 3.59. The molecule has 2 atom stereocenters. The standard InChI is InChI=1S/C21H21N3OS/c25-21-18(20-5-3-9-26-20)6-7-19-16-10-15(12-24(19)21)11-23(13-16)14-17-4-1-2-8-22-17/h1-9,15-16H,10-14H2/t15-,16-/m1/s1. The molecule has 5 rings (SSSR count). The van der Waals surface area contributed by atoms with Crippen molar-refractivity contribution >= 4 is 11.3 Å². The summed E-state index contributed by atoms with van der Waals surface area (Å²) in [4.78, 5) is 21.1. The first-order valence-corrected chi connectivity index (χ1v) is 10.1. The minimum absolute atomic E-state index is 0.179. The summed E-state index contributed by atoms with van der Waals surface area (Å²) in [6.45, 7) is 3.78. The first-order chi connectivity index (χ1) is 12.8. The Morgan fingerprint density at radius 1 is 1.08 bits per heavy atom. The summed E-state index contributed by atoms with van der Waals surface area (Å²) in [6.07, 6.45) is 3.05. The molecular weight excluding hydrogens is 342 g/mol. The minimum Gasteiger partial charge on any atom is -0.311 e. The first kappa shape index (κ1) is 16.0. The Kier molecular flexibility index (Phi) is 3.98. The molecule has 0 saturated carbocycles. The summed E-state index contributed by atoms with van der Waals surface area (Å²) in [7, 11) is 0. The molecule has 0 spiro atoms. The molecule has 132 valence electrons. The third-order valence-corrected chi connectivity index (χ3v) is 6.48. The predicted molar refractivity (Wildman–Crippen MR) is 104 cm³/mol. The highest BCUT2D eigenvalue weighted by Crippen LogP contribution is 2.36. The second kappa shape index (κ2) is 6.49.